The highest BCUT2D eigenvalue weighted by atomic mass is 35.5. The largest absolute Gasteiger partial charge is 0.490 e. The van der Waals surface area contributed by atoms with E-state index in [4.69, 9.17) is 26.1 Å². The van der Waals surface area contributed by atoms with Crippen molar-refractivity contribution in [1.82, 2.24) is 9.97 Å². The molecule has 5 nitrogen and oxygen atoms in total. The number of fused-ring (bicyclic) bond motifs is 1. The van der Waals surface area contributed by atoms with Gasteiger partial charge in [0.1, 0.15) is 17.1 Å². The molecular weight excluding hydrogens is 314 g/mol. The second-order valence-electron chi connectivity index (χ2n) is 6.29. The molecule has 0 radical (unpaired) electrons. The first-order chi connectivity index (χ1) is 11.0. The summed E-state index contributed by atoms with van der Waals surface area (Å²) in [6.07, 6.45) is 1.75. The molecule has 3 rings (SSSR count). The Balaban J connectivity index is 2.15. The van der Waals surface area contributed by atoms with Gasteiger partial charge in [0.2, 0.25) is 0 Å². The van der Waals surface area contributed by atoms with Crippen LogP contribution in [-0.2, 0) is 4.74 Å². The van der Waals surface area contributed by atoms with Crippen LogP contribution >= 0.6 is 11.6 Å². The number of aromatic nitrogens is 2. The number of halogens is 1. The van der Waals surface area contributed by atoms with Gasteiger partial charge in [0, 0.05) is 17.6 Å². The van der Waals surface area contributed by atoms with E-state index < -0.39 is 0 Å². The van der Waals surface area contributed by atoms with E-state index in [9.17, 15) is 0 Å². The van der Waals surface area contributed by atoms with Crippen LogP contribution < -0.4 is 9.64 Å². The van der Waals surface area contributed by atoms with Crippen LogP contribution in [0.1, 0.15) is 27.7 Å². The summed E-state index contributed by atoms with van der Waals surface area (Å²) in [5, 5.41) is 1.28. The van der Waals surface area contributed by atoms with Gasteiger partial charge in [0.05, 0.1) is 31.4 Å². The molecule has 0 unspecified atom stereocenters. The summed E-state index contributed by atoms with van der Waals surface area (Å²) < 4.78 is 11.6. The van der Waals surface area contributed by atoms with Gasteiger partial charge in [0.25, 0.3) is 0 Å². The zero-order valence-electron chi connectivity index (χ0n) is 13.9. The van der Waals surface area contributed by atoms with Gasteiger partial charge in [0.15, 0.2) is 5.15 Å². The van der Waals surface area contributed by atoms with Crippen molar-refractivity contribution >= 4 is 28.3 Å². The van der Waals surface area contributed by atoms with Gasteiger partial charge in [-0.05, 0) is 33.8 Å². The molecule has 6 heteroatoms. The van der Waals surface area contributed by atoms with Gasteiger partial charge in [-0.25, -0.2) is 9.97 Å². The molecule has 0 saturated carbocycles. The predicted molar refractivity (Wildman–Crippen MR) is 92.5 cm³/mol. The van der Waals surface area contributed by atoms with E-state index in [1.807, 2.05) is 26.0 Å². The molecule has 1 aliphatic rings. The van der Waals surface area contributed by atoms with Crippen molar-refractivity contribution in [2.75, 3.05) is 18.1 Å². The van der Waals surface area contributed by atoms with Crippen LogP contribution in [0.2, 0.25) is 5.15 Å². The molecule has 1 aliphatic heterocycles. The SMILES string of the molecule is CC(C)Oc1cc(N2[C@H](C)COC[C@@H]2C)nc2c(Cl)nccc12. The summed E-state index contributed by atoms with van der Waals surface area (Å²) in [5.74, 6) is 1.64. The molecule has 0 spiro atoms. The van der Waals surface area contributed by atoms with Crippen LogP contribution in [0, 0.1) is 0 Å². The highest BCUT2D eigenvalue weighted by Crippen LogP contribution is 2.34. The van der Waals surface area contributed by atoms with E-state index in [2.05, 4.69) is 23.7 Å². The highest BCUT2D eigenvalue weighted by Gasteiger charge is 2.28. The third kappa shape index (κ3) is 3.21. The molecule has 0 aromatic carbocycles. The van der Waals surface area contributed by atoms with E-state index >= 15 is 0 Å². The molecule has 2 atom stereocenters. The summed E-state index contributed by atoms with van der Waals surface area (Å²) in [4.78, 5) is 11.2. The lowest BCUT2D eigenvalue weighted by atomic mass is 10.1. The number of morpholine rings is 1. The van der Waals surface area contributed by atoms with Crippen LogP contribution in [0.3, 0.4) is 0 Å². The van der Waals surface area contributed by atoms with Gasteiger partial charge in [-0.3, -0.25) is 0 Å². The van der Waals surface area contributed by atoms with Crippen LogP contribution in [0.25, 0.3) is 10.9 Å². The summed E-state index contributed by atoms with van der Waals surface area (Å²) in [7, 11) is 0. The molecule has 1 saturated heterocycles. The van der Waals surface area contributed by atoms with E-state index in [0.717, 1.165) is 17.0 Å². The normalized spacial score (nSPS) is 21.9. The van der Waals surface area contributed by atoms with E-state index in [1.54, 1.807) is 6.20 Å². The Labute approximate surface area is 141 Å². The van der Waals surface area contributed by atoms with Gasteiger partial charge >= 0.3 is 0 Å². The van der Waals surface area contributed by atoms with Crippen molar-refractivity contribution in [2.24, 2.45) is 0 Å². The Morgan fingerprint density at radius 3 is 2.65 bits per heavy atom. The minimum atomic E-state index is 0.0694. The van der Waals surface area contributed by atoms with Crippen molar-refractivity contribution in [3.05, 3.63) is 23.5 Å². The third-order valence-corrected chi connectivity index (χ3v) is 4.20. The zero-order chi connectivity index (χ0) is 16.6. The molecule has 124 valence electrons. The lowest BCUT2D eigenvalue weighted by Crippen LogP contribution is -2.50. The predicted octanol–water partition coefficient (Wildman–Crippen LogP) is 3.68. The van der Waals surface area contributed by atoms with Crippen LogP contribution in [-0.4, -0.2) is 41.4 Å². The topological polar surface area (TPSA) is 47.5 Å². The Morgan fingerprint density at radius 1 is 1.30 bits per heavy atom. The van der Waals surface area contributed by atoms with Gasteiger partial charge in [-0.15, -0.1) is 0 Å². The average molecular weight is 336 g/mol. The van der Waals surface area contributed by atoms with E-state index in [1.165, 1.54) is 0 Å². The Morgan fingerprint density at radius 2 is 2.00 bits per heavy atom. The Bertz CT molecular complexity index is 698. The lowest BCUT2D eigenvalue weighted by Gasteiger charge is -2.40. The number of hydrogen-bond donors (Lipinski definition) is 0. The number of nitrogens with zero attached hydrogens (tertiary/aromatic N) is 3. The number of anilines is 1. The van der Waals surface area contributed by atoms with Crippen LogP contribution in [0.15, 0.2) is 18.3 Å². The van der Waals surface area contributed by atoms with Crippen LogP contribution in [0.5, 0.6) is 5.75 Å². The second kappa shape index (κ2) is 6.49. The highest BCUT2D eigenvalue weighted by molar-refractivity contribution is 6.34. The Kier molecular flexibility index (Phi) is 4.60. The smallest absolute Gasteiger partial charge is 0.155 e. The van der Waals surface area contributed by atoms with Gasteiger partial charge in [-0.2, -0.15) is 0 Å². The standard InChI is InChI=1S/C17H22ClN3O2/c1-10(2)23-14-7-15(21-11(3)8-22-9-12(21)4)20-16-13(14)5-6-19-17(16)18/h5-7,10-12H,8-9H2,1-4H3/t11-,12+. The summed E-state index contributed by atoms with van der Waals surface area (Å²) >= 11 is 6.28. The fourth-order valence-corrected chi connectivity index (χ4v) is 3.22. The molecule has 2 aromatic heterocycles. The molecule has 0 amide bonds. The number of hydrogen-bond acceptors (Lipinski definition) is 5. The second-order valence-corrected chi connectivity index (χ2v) is 6.64. The number of rotatable bonds is 3. The first-order valence-electron chi connectivity index (χ1n) is 7.95. The van der Waals surface area contributed by atoms with E-state index in [-0.39, 0.29) is 18.2 Å². The van der Waals surface area contributed by atoms with Crippen molar-refractivity contribution < 1.29 is 9.47 Å². The number of pyridine rings is 2. The minimum absolute atomic E-state index is 0.0694. The molecule has 0 N–H and O–H groups in total. The first-order valence-corrected chi connectivity index (χ1v) is 8.33. The quantitative estimate of drug-likeness (QED) is 0.801. The summed E-state index contributed by atoms with van der Waals surface area (Å²) in [5.41, 5.74) is 0.674. The maximum Gasteiger partial charge on any atom is 0.155 e. The van der Waals surface area contributed by atoms with Crippen molar-refractivity contribution in [3.63, 3.8) is 0 Å². The van der Waals surface area contributed by atoms with Crippen molar-refractivity contribution in [2.45, 2.75) is 45.9 Å². The fourth-order valence-electron chi connectivity index (χ4n) is 3.01. The van der Waals surface area contributed by atoms with E-state index in [0.29, 0.717) is 23.9 Å². The fraction of sp³-hybridized carbons (Fsp3) is 0.529. The molecule has 0 bridgehead atoms. The maximum atomic E-state index is 6.28. The number of ether oxygens (including phenoxy) is 2. The van der Waals surface area contributed by atoms with Crippen molar-refractivity contribution in [1.29, 1.82) is 0 Å². The molecule has 1 fully saturated rings. The van der Waals surface area contributed by atoms with Gasteiger partial charge in [-0.1, -0.05) is 11.6 Å². The van der Waals surface area contributed by atoms with Crippen molar-refractivity contribution in [3.8, 4) is 5.75 Å². The monoisotopic (exact) mass is 335 g/mol. The molecule has 0 aliphatic carbocycles. The lowest BCUT2D eigenvalue weighted by molar-refractivity contribution is 0.0752. The average Bonchev–Trinajstić information content (AvgIpc) is 2.47. The summed E-state index contributed by atoms with van der Waals surface area (Å²) in [6, 6.07) is 4.37. The molecule has 3 heterocycles. The maximum absolute atomic E-state index is 6.28. The Hall–Kier alpha value is -1.59. The molecule has 23 heavy (non-hydrogen) atoms. The van der Waals surface area contributed by atoms with Gasteiger partial charge < -0.3 is 14.4 Å². The minimum Gasteiger partial charge on any atom is -0.490 e. The van der Waals surface area contributed by atoms with Crippen LogP contribution in [0.4, 0.5) is 5.82 Å². The zero-order valence-corrected chi connectivity index (χ0v) is 14.7. The summed E-state index contributed by atoms with van der Waals surface area (Å²) in [6.45, 7) is 9.66. The molecular formula is C17H22ClN3O2. The first kappa shape index (κ1) is 16.3. The third-order valence-electron chi connectivity index (χ3n) is 3.93. The molecule has 2 aromatic rings.